The summed E-state index contributed by atoms with van der Waals surface area (Å²) in [7, 11) is 0. The third kappa shape index (κ3) is 3.35. The van der Waals surface area contributed by atoms with Gasteiger partial charge < -0.3 is 5.73 Å². The average molecular weight is 266 g/mol. The van der Waals surface area contributed by atoms with Gasteiger partial charge in [-0.1, -0.05) is 23.4 Å². The predicted molar refractivity (Wildman–Crippen MR) is 72.2 cm³/mol. The van der Waals surface area contributed by atoms with Gasteiger partial charge in [-0.3, -0.25) is 0 Å². The molecule has 0 aliphatic carbocycles. The van der Waals surface area contributed by atoms with Gasteiger partial charge in [0.2, 0.25) is 0 Å². The summed E-state index contributed by atoms with van der Waals surface area (Å²) in [5.41, 5.74) is 8.67. The van der Waals surface area contributed by atoms with Gasteiger partial charge in [0.1, 0.15) is 0 Å². The monoisotopic (exact) mass is 265 g/mol. The minimum Gasteiger partial charge on any atom is -0.398 e. The van der Waals surface area contributed by atoms with Crippen LogP contribution < -0.4 is 5.73 Å². The highest BCUT2D eigenvalue weighted by atomic mass is 35.5. The number of nitrogens with zero attached hydrogens (tertiary/aromatic N) is 2. The lowest BCUT2D eigenvalue weighted by atomic mass is 10.2. The molecule has 0 saturated heterocycles. The van der Waals surface area contributed by atoms with Crippen LogP contribution in [-0.4, -0.2) is 9.97 Å². The van der Waals surface area contributed by atoms with Gasteiger partial charge in [0.15, 0.2) is 5.16 Å². The molecule has 0 aliphatic rings. The van der Waals surface area contributed by atoms with Gasteiger partial charge in [-0.05, 0) is 36.2 Å². The van der Waals surface area contributed by atoms with Crippen molar-refractivity contribution >= 4 is 29.1 Å². The van der Waals surface area contributed by atoms with Crippen LogP contribution in [0.25, 0.3) is 0 Å². The Balaban J connectivity index is 2.07. The number of aromatic nitrogens is 2. The van der Waals surface area contributed by atoms with Crippen molar-refractivity contribution in [2.75, 3.05) is 5.73 Å². The number of rotatable bonds is 3. The topological polar surface area (TPSA) is 51.8 Å². The average Bonchev–Trinajstić information content (AvgIpc) is 2.32. The Kier molecular flexibility index (Phi) is 3.86. The molecule has 0 unspecified atom stereocenters. The van der Waals surface area contributed by atoms with Gasteiger partial charge >= 0.3 is 0 Å². The largest absolute Gasteiger partial charge is 0.398 e. The number of nitrogens with two attached hydrogens (primary N) is 1. The van der Waals surface area contributed by atoms with E-state index in [0.29, 0.717) is 5.02 Å². The summed E-state index contributed by atoms with van der Waals surface area (Å²) in [6.45, 7) is 1.96. The van der Waals surface area contributed by atoms with Crippen molar-refractivity contribution in [2.24, 2.45) is 0 Å². The Hall–Kier alpha value is -1.26. The molecule has 0 aliphatic heterocycles. The van der Waals surface area contributed by atoms with E-state index in [4.69, 9.17) is 17.3 Å². The third-order valence-corrected chi connectivity index (χ3v) is 3.38. The summed E-state index contributed by atoms with van der Waals surface area (Å²) in [5.74, 6) is 0.718. The molecular weight excluding hydrogens is 254 g/mol. The van der Waals surface area contributed by atoms with Crippen LogP contribution in [0.3, 0.4) is 0 Å². The number of benzene rings is 1. The maximum Gasteiger partial charge on any atom is 0.187 e. The first-order chi connectivity index (χ1) is 8.15. The summed E-state index contributed by atoms with van der Waals surface area (Å²) < 4.78 is 0. The summed E-state index contributed by atoms with van der Waals surface area (Å²) in [5, 5.41) is 1.44. The molecule has 17 heavy (non-hydrogen) atoms. The normalized spacial score (nSPS) is 10.5. The molecule has 5 heteroatoms. The Morgan fingerprint density at radius 2 is 2.00 bits per heavy atom. The van der Waals surface area contributed by atoms with E-state index in [1.54, 1.807) is 30.2 Å². The Morgan fingerprint density at radius 3 is 2.71 bits per heavy atom. The lowest BCUT2D eigenvalue weighted by molar-refractivity contribution is 0.949. The van der Waals surface area contributed by atoms with Crippen molar-refractivity contribution in [1.82, 2.24) is 9.97 Å². The fraction of sp³-hybridized carbons (Fsp3) is 0.167. The van der Waals surface area contributed by atoms with Crippen molar-refractivity contribution < 1.29 is 0 Å². The molecule has 0 amide bonds. The molecule has 0 atom stereocenters. The van der Waals surface area contributed by atoms with Crippen molar-refractivity contribution in [3.8, 4) is 0 Å². The Bertz CT molecular complexity index is 514. The molecule has 1 aromatic carbocycles. The van der Waals surface area contributed by atoms with E-state index >= 15 is 0 Å². The quantitative estimate of drug-likeness (QED) is 0.526. The molecule has 3 nitrogen and oxygen atoms in total. The highest BCUT2D eigenvalue weighted by Crippen LogP contribution is 2.25. The van der Waals surface area contributed by atoms with E-state index in [1.807, 2.05) is 19.1 Å². The third-order valence-electron chi connectivity index (χ3n) is 2.22. The standard InChI is InChI=1S/C12H12ClN3S/c1-8-5-15-12(16-6-8)17-7-9-4-10(13)2-3-11(9)14/h2-6H,7,14H2,1H3. The number of halogens is 1. The molecule has 2 N–H and O–H groups in total. The van der Waals surface area contributed by atoms with Gasteiger partial charge in [0, 0.05) is 28.9 Å². The maximum absolute atomic E-state index is 5.92. The molecule has 0 fully saturated rings. The molecule has 0 bridgehead atoms. The highest BCUT2D eigenvalue weighted by molar-refractivity contribution is 7.98. The zero-order chi connectivity index (χ0) is 12.3. The lowest BCUT2D eigenvalue weighted by Crippen LogP contribution is -1.93. The van der Waals surface area contributed by atoms with Gasteiger partial charge in [-0.25, -0.2) is 9.97 Å². The van der Waals surface area contributed by atoms with Crippen LogP contribution in [0.1, 0.15) is 11.1 Å². The maximum atomic E-state index is 5.92. The first-order valence-corrected chi connectivity index (χ1v) is 6.47. The summed E-state index contributed by atoms with van der Waals surface area (Å²) in [6, 6.07) is 5.47. The first kappa shape index (κ1) is 12.2. The van der Waals surface area contributed by atoms with Gasteiger partial charge in [0.25, 0.3) is 0 Å². The van der Waals surface area contributed by atoms with Crippen LogP contribution in [0.15, 0.2) is 35.7 Å². The van der Waals surface area contributed by atoms with Crippen LogP contribution in [0.2, 0.25) is 5.02 Å². The number of anilines is 1. The fourth-order valence-corrected chi connectivity index (χ4v) is 2.28. The van der Waals surface area contributed by atoms with Crippen molar-refractivity contribution in [1.29, 1.82) is 0 Å². The van der Waals surface area contributed by atoms with Gasteiger partial charge in [0.05, 0.1) is 0 Å². The first-order valence-electron chi connectivity index (χ1n) is 5.10. The molecule has 1 aromatic heterocycles. The van der Waals surface area contributed by atoms with E-state index in [0.717, 1.165) is 27.7 Å². The van der Waals surface area contributed by atoms with E-state index < -0.39 is 0 Å². The second-order valence-corrected chi connectivity index (χ2v) is 5.05. The van der Waals surface area contributed by atoms with Gasteiger partial charge in [-0.15, -0.1) is 0 Å². The molecule has 2 rings (SSSR count). The highest BCUT2D eigenvalue weighted by Gasteiger charge is 2.03. The van der Waals surface area contributed by atoms with Crippen LogP contribution in [-0.2, 0) is 5.75 Å². The lowest BCUT2D eigenvalue weighted by Gasteiger charge is -2.05. The smallest absolute Gasteiger partial charge is 0.187 e. The van der Waals surface area contributed by atoms with E-state index in [1.165, 1.54) is 0 Å². The number of nitrogen functional groups attached to an aromatic ring is 1. The summed E-state index contributed by atoms with van der Waals surface area (Å²) in [4.78, 5) is 8.45. The molecular formula is C12H12ClN3S. The van der Waals surface area contributed by atoms with Crippen LogP contribution >= 0.6 is 23.4 Å². The number of aryl methyl sites for hydroxylation is 1. The molecule has 1 heterocycles. The molecule has 88 valence electrons. The van der Waals surface area contributed by atoms with E-state index in [2.05, 4.69) is 9.97 Å². The Labute approximate surface area is 109 Å². The fourth-order valence-electron chi connectivity index (χ4n) is 1.30. The van der Waals surface area contributed by atoms with Crippen LogP contribution in [0.4, 0.5) is 5.69 Å². The molecule has 0 spiro atoms. The minimum atomic E-state index is 0.694. The molecule has 0 saturated carbocycles. The second kappa shape index (κ2) is 5.38. The van der Waals surface area contributed by atoms with Crippen molar-refractivity contribution in [2.45, 2.75) is 17.8 Å². The zero-order valence-corrected chi connectivity index (χ0v) is 10.9. The number of hydrogen-bond donors (Lipinski definition) is 1. The summed E-state index contributed by atoms with van der Waals surface area (Å²) in [6.07, 6.45) is 3.60. The number of hydrogen-bond acceptors (Lipinski definition) is 4. The van der Waals surface area contributed by atoms with Crippen LogP contribution in [0, 0.1) is 6.92 Å². The van der Waals surface area contributed by atoms with E-state index in [9.17, 15) is 0 Å². The van der Waals surface area contributed by atoms with Crippen molar-refractivity contribution in [3.05, 3.63) is 46.7 Å². The minimum absolute atomic E-state index is 0.694. The summed E-state index contributed by atoms with van der Waals surface area (Å²) >= 11 is 7.47. The van der Waals surface area contributed by atoms with Crippen LogP contribution in [0.5, 0.6) is 0 Å². The van der Waals surface area contributed by atoms with Crippen molar-refractivity contribution in [3.63, 3.8) is 0 Å². The number of thioether (sulfide) groups is 1. The zero-order valence-electron chi connectivity index (χ0n) is 9.35. The van der Waals surface area contributed by atoms with Gasteiger partial charge in [-0.2, -0.15) is 0 Å². The molecule has 0 radical (unpaired) electrons. The second-order valence-electron chi connectivity index (χ2n) is 3.67. The SMILES string of the molecule is Cc1cnc(SCc2cc(Cl)ccc2N)nc1. The van der Waals surface area contributed by atoms with E-state index in [-0.39, 0.29) is 0 Å². The predicted octanol–water partition coefficient (Wildman–Crippen LogP) is 3.31. The Morgan fingerprint density at radius 1 is 1.29 bits per heavy atom. The molecule has 2 aromatic rings.